The summed E-state index contributed by atoms with van der Waals surface area (Å²) in [7, 11) is 0. The third-order valence-corrected chi connectivity index (χ3v) is 3.18. The van der Waals surface area contributed by atoms with Crippen molar-refractivity contribution >= 4 is 6.03 Å². The van der Waals surface area contributed by atoms with E-state index in [1.54, 1.807) is 6.20 Å². The molecule has 6 nitrogen and oxygen atoms in total. The minimum Gasteiger partial charge on any atom is -0.494 e. The summed E-state index contributed by atoms with van der Waals surface area (Å²) in [5.41, 5.74) is 1.01. The number of nitrogens with one attached hydrogen (secondary N) is 2. The number of aromatic nitrogens is 1. The van der Waals surface area contributed by atoms with Gasteiger partial charge in [-0.3, -0.25) is 0 Å². The number of hydrogen-bond donors (Lipinski definition) is 2. The molecule has 0 saturated carbocycles. The minimum atomic E-state index is -0.243. The molecule has 2 N–H and O–H groups in total. The second-order valence-corrected chi connectivity index (χ2v) is 5.08. The lowest BCUT2D eigenvalue weighted by Gasteiger charge is -2.07. The van der Waals surface area contributed by atoms with Crippen LogP contribution in [0.15, 0.2) is 34.9 Å². The van der Waals surface area contributed by atoms with Gasteiger partial charge in [0, 0.05) is 13.0 Å². The summed E-state index contributed by atoms with van der Waals surface area (Å²) >= 11 is 0. The van der Waals surface area contributed by atoms with Crippen LogP contribution >= 0.6 is 0 Å². The number of urea groups is 1. The van der Waals surface area contributed by atoms with E-state index < -0.39 is 0 Å². The average molecular weight is 317 g/mol. The van der Waals surface area contributed by atoms with Gasteiger partial charge in [-0.2, -0.15) is 0 Å². The Morgan fingerprint density at radius 2 is 1.91 bits per heavy atom. The van der Waals surface area contributed by atoms with E-state index in [0.717, 1.165) is 24.2 Å². The molecule has 6 heteroatoms. The molecule has 0 radical (unpaired) electrons. The first kappa shape index (κ1) is 16.9. The third-order valence-electron chi connectivity index (χ3n) is 3.18. The van der Waals surface area contributed by atoms with E-state index in [-0.39, 0.29) is 6.03 Å². The van der Waals surface area contributed by atoms with Crippen LogP contribution in [-0.4, -0.2) is 17.6 Å². The molecular formula is C17H23N3O3. The number of hydrogen-bond acceptors (Lipinski definition) is 4. The second-order valence-electron chi connectivity index (χ2n) is 5.08. The van der Waals surface area contributed by atoms with E-state index in [1.807, 2.05) is 31.2 Å². The summed E-state index contributed by atoms with van der Waals surface area (Å²) in [6, 6.07) is 7.40. The fourth-order valence-corrected chi connectivity index (χ4v) is 2.04. The lowest BCUT2D eigenvalue weighted by molar-refractivity contribution is 0.239. The van der Waals surface area contributed by atoms with Crippen molar-refractivity contribution in [2.75, 3.05) is 6.61 Å². The first-order valence-corrected chi connectivity index (χ1v) is 7.88. The van der Waals surface area contributed by atoms with E-state index in [0.29, 0.717) is 31.3 Å². The highest BCUT2D eigenvalue weighted by Crippen LogP contribution is 2.11. The number of aryl methyl sites for hydroxylation is 1. The van der Waals surface area contributed by atoms with Gasteiger partial charge in [0.05, 0.1) is 19.3 Å². The topological polar surface area (TPSA) is 76.4 Å². The van der Waals surface area contributed by atoms with Gasteiger partial charge in [-0.05, 0) is 31.0 Å². The maximum Gasteiger partial charge on any atom is 0.315 e. The average Bonchev–Trinajstić information content (AvgIpc) is 3.00. The van der Waals surface area contributed by atoms with Crippen LogP contribution in [0.3, 0.4) is 0 Å². The maximum absolute atomic E-state index is 11.8. The van der Waals surface area contributed by atoms with Crippen molar-refractivity contribution < 1.29 is 13.9 Å². The molecule has 1 heterocycles. The van der Waals surface area contributed by atoms with Crippen LogP contribution in [0.5, 0.6) is 5.75 Å². The molecule has 23 heavy (non-hydrogen) atoms. The van der Waals surface area contributed by atoms with Crippen molar-refractivity contribution in [3.05, 3.63) is 47.7 Å². The van der Waals surface area contributed by atoms with Crippen LogP contribution in [-0.2, 0) is 19.5 Å². The van der Waals surface area contributed by atoms with Gasteiger partial charge in [0.15, 0.2) is 5.89 Å². The summed E-state index contributed by atoms with van der Waals surface area (Å²) in [4.78, 5) is 15.9. The molecule has 0 aliphatic carbocycles. The molecule has 1 aromatic carbocycles. The molecule has 0 atom stereocenters. The molecule has 2 amide bonds. The smallest absolute Gasteiger partial charge is 0.315 e. The van der Waals surface area contributed by atoms with Crippen LogP contribution in [0, 0.1) is 0 Å². The lowest BCUT2D eigenvalue weighted by Crippen LogP contribution is -2.34. The fourth-order valence-electron chi connectivity index (χ4n) is 2.04. The Kier molecular flexibility index (Phi) is 6.47. The Balaban J connectivity index is 1.71. The van der Waals surface area contributed by atoms with Gasteiger partial charge in [-0.25, -0.2) is 9.78 Å². The Bertz CT molecular complexity index is 608. The zero-order chi connectivity index (χ0) is 16.5. The summed E-state index contributed by atoms with van der Waals surface area (Å²) in [5, 5.41) is 5.55. The first-order chi connectivity index (χ1) is 11.2. The van der Waals surface area contributed by atoms with Crippen LogP contribution in [0.25, 0.3) is 0 Å². The predicted octanol–water partition coefficient (Wildman–Crippen LogP) is 3.03. The zero-order valence-electron chi connectivity index (χ0n) is 13.6. The standard InChI is InChI=1S/C17H23N3O3/c1-3-5-16-18-11-15(23-16)12-20-17(21)19-10-13-6-8-14(9-7-13)22-4-2/h6-9,11H,3-5,10,12H2,1-2H3,(H2,19,20,21). The molecule has 0 saturated heterocycles. The quantitative estimate of drug-likeness (QED) is 0.784. The fraction of sp³-hybridized carbons (Fsp3) is 0.412. The normalized spacial score (nSPS) is 10.3. The highest BCUT2D eigenvalue weighted by atomic mass is 16.5. The minimum absolute atomic E-state index is 0.243. The van der Waals surface area contributed by atoms with Crippen LogP contribution < -0.4 is 15.4 Å². The van der Waals surface area contributed by atoms with Crippen LogP contribution in [0.2, 0.25) is 0 Å². The molecule has 0 aliphatic heterocycles. The summed E-state index contributed by atoms with van der Waals surface area (Å²) in [6.07, 6.45) is 3.44. The molecule has 0 aliphatic rings. The van der Waals surface area contributed by atoms with Crippen molar-refractivity contribution in [2.24, 2.45) is 0 Å². The van der Waals surface area contributed by atoms with Crippen LogP contribution in [0.4, 0.5) is 4.79 Å². The van der Waals surface area contributed by atoms with Gasteiger partial charge in [-0.15, -0.1) is 0 Å². The number of benzene rings is 1. The Labute approximate surface area is 136 Å². The van der Waals surface area contributed by atoms with Gasteiger partial charge >= 0.3 is 6.03 Å². The van der Waals surface area contributed by atoms with E-state index in [4.69, 9.17) is 9.15 Å². The molecule has 1 aromatic heterocycles. The molecule has 2 aromatic rings. The Morgan fingerprint density at radius 3 is 2.61 bits per heavy atom. The SMILES string of the molecule is CCCc1ncc(CNC(=O)NCc2ccc(OCC)cc2)o1. The summed E-state index contributed by atoms with van der Waals surface area (Å²) < 4.78 is 10.9. The monoisotopic (exact) mass is 317 g/mol. The van der Waals surface area contributed by atoms with Crippen molar-refractivity contribution in [1.82, 2.24) is 15.6 Å². The Morgan fingerprint density at radius 1 is 1.17 bits per heavy atom. The number of carbonyl (C=O) groups excluding carboxylic acids is 1. The van der Waals surface area contributed by atoms with E-state index in [1.165, 1.54) is 0 Å². The summed E-state index contributed by atoms with van der Waals surface area (Å²) in [6.45, 7) is 5.43. The number of nitrogens with zero attached hydrogens (tertiary/aromatic N) is 1. The first-order valence-electron chi connectivity index (χ1n) is 7.88. The van der Waals surface area contributed by atoms with Gasteiger partial charge in [0.2, 0.25) is 0 Å². The number of oxazole rings is 1. The van der Waals surface area contributed by atoms with E-state index in [9.17, 15) is 4.79 Å². The highest BCUT2D eigenvalue weighted by molar-refractivity contribution is 5.73. The van der Waals surface area contributed by atoms with Gasteiger partial charge in [0.1, 0.15) is 11.5 Å². The van der Waals surface area contributed by atoms with E-state index in [2.05, 4.69) is 22.5 Å². The molecular weight excluding hydrogens is 294 g/mol. The number of rotatable bonds is 8. The van der Waals surface area contributed by atoms with E-state index >= 15 is 0 Å². The molecule has 124 valence electrons. The number of ether oxygens (including phenoxy) is 1. The highest BCUT2D eigenvalue weighted by Gasteiger charge is 2.05. The number of amides is 2. The van der Waals surface area contributed by atoms with Crippen molar-refractivity contribution in [2.45, 2.75) is 39.8 Å². The molecule has 0 fully saturated rings. The third kappa shape index (κ3) is 5.65. The van der Waals surface area contributed by atoms with Crippen molar-refractivity contribution in [1.29, 1.82) is 0 Å². The van der Waals surface area contributed by atoms with Crippen molar-refractivity contribution in [3.8, 4) is 5.75 Å². The Hall–Kier alpha value is -2.50. The lowest BCUT2D eigenvalue weighted by atomic mass is 10.2. The maximum atomic E-state index is 11.8. The van der Waals surface area contributed by atoms with Crippen LogP contribution in [0.1, 0.15) is 37.5 Å². The number of carbonyl (C=O) groups is 1. The van der Waals surface area contributed by atoms with Gasteiger partial charge in [0.25, 0.3) is 0 Å². The molecule has 2 rings (SSSR count). The largest absolute Gasteiger partial charge is 0.494 e. The van der Waals surface area contributed by atoms with Crippen molar-refractivity contribution in [3.63, 3.8) is 0 Å². The zero-order valence-corrected chi connectivity index (χ0v) is 13.6. The molecule has 0 bridgehead atoms. The van der Waals surface area contributed by atoms with Gasteiger partial charge < -0.3 is 19.8 Å². The summed E-state index contributed by atoms with van der Waals surface area (Å²) in [5.74, 6) is 2.19. The van der Waals surface area contributed by atoms with Gasteiger partial charge in [-0.1, -0.05) is 19.1 Å². The molecule has 0 unspecified atom stereocenters. The second kappa shape index (κ2) is 8.82. The molecule has 0 spiro atoms. The predicted molar refractivity (Wildman–Crippen MR) is 87.2 cm³/mol.